The maximum absolute atomic E-state index is 12.6. The van der Waals surface area contributed by atoms with Crippen molar-refractivity contribution in [2.45, 2.75) is 37.6 Å². The number of carboxylic acids is 1. The average Bonchev–Trinajstić information content (AvgIpc) is 2.67. The number of amides is 1. The zero-order valence-corrected chi connectivity index (χ0v) is 15.3. The van der Waals surface area contributed by atoms with Crippen LogP contribution in [-0.2, 0) is 21.5 Å². The van der Waals surface area contributed by atoms with Crippen molar-refractivity contribution >= 4 is 11.9 Å². The van der Waals surface area contributed by atoms with Crippen LogP contribution in [0.15, 0.2) is 24.8 Å². The molecule has 3 rings (SSSR count). The van der Waals surface area contributed by atoms with Crippen LogP contribution >= 0.6 is 0 Å². The number of hydrogen-bond acceptors (Lipinski definition) is 4. The first-order valence-corrected chi connectivity index (χ1v) is 8.89. The number of carbonyl (C=O) groups is 2. The molecule has 0 aromatic heterocycles. The maximum Gasteiger partial charge on any atom is 0.306 e. The molecule has 1 saturated carbocycles. The molecule has 1 aromatic rings. The Labute approximate surface area is 153 Å². The predicted octanol–water partition coefficient (Wildman–Crippen LogP) is 2.74. The van der Waals surface area contributed by atoms with Crippen LogP contribution in [-0.4, -0.2) is 42.6 Å². The van der Waals surface area contributed by atoms with E-state index in [1.54, 1.807) is 14.2 Å². The molecule has 140 valence electrons. The molecule has 26 heavy (non-hydrogen) atoms. The molecule has 1 amide bonds. The lowest BCUT2D eigenvalue weighted by molar-refractivity contribution is -0.145. The lowest BCUT2D eigenvalue weighted by Crippen LogP contribution is -2.55. The summed E-state index contributed by atoms with van der Waals surface area (Å²) < 4.78 is 10.9. The van der Waals surface area contributed by atoms with E-state index in [0.717, 1.165) is 17.5 Å². The van der Waals surface area contributed by atoms with Crippen LogP contribution in [0.3, 0.4) is 0 Å². The van der Waals surface area contributed by atoms with Crippen molar-refractivity contribution in [2.24, 2.45) is 5.92 Å². The molecule has 2 aliphatic rings. The molecule has 0 atom stereocenters. The molecular formula is C20H25NO5. The summed E-state index contributed by atoms with van der Waals surface area (Å²) in [6.45, 7) is 4.23. The Kier molecular flexibility index (Phi) is 4.94. The lowest BCUT2D eigenvalue weighted by atomic mass is 9.68. The molecule has 0 bridgehead atoms. The first-order chi connectivity index (χ1) is 12.5. The monoisotopic (exact) mass is 359 g/mol. The second-order valence-corrected chi connectivity index (χ2v) is 6.95. The van der Waals surface area contributed by atoms with Gasteiger partial charge in [-0.1, -0.05) is 6.58 Å². The normalized spacial score (nSPS) is 24.7. The summed E-state index contributed by atoms with van der Waals surface area (Å²) in [4.78, 5) is 25.8. The largest absolute Gasteiger partial charge is 0.493 e. The second-order valence-electron chi connectivity index (χ2n) is 6.95. The van der Waals surface area contributed by atoms with Gasteiger partial charge in [-0.05, 0) is 61.4 Å². The fourth-order valence-corrected chi connectivity index (χ4v) is 4.47. The summed E-state index contributed by atoms with van der Waals surface area (Å²) in [6.07, 6.45) is 4.39. The lowest BCUT2D eigenvalue weighted by Gasteiger charge is -2.51. The molecule has 0 saturated heterocycles. The number of fused-ring (bicyclic) bond motifs is 2. The van der Waals surface area contributed by atoms with E-state index in [0.29, 0.717) is 43.7 Å². The van der Waals surface area contributed by atoms with Crippen molar-refractivity contribution in [3.05, 3.63) is 35.9 Å². The van der Waals surface area contributed by atoms with E-state index in [-0.39, 0.29) is 11.8 Å². The summed E-state index contributed by atoms with van der Waals surface area (Å²) in [5.74, 6) is 0.0684. The highest BCUT2D eigenvalue weighted by Crippen LogP contribution is 2.50. The van der Waals surface area contributed by atoms with E-state index in [2.05, 4.69) is 6.58 Å². The van der Waals surface area contributed by atoms with E-state index in [1.807, 2.05) is 17.0 Å². The molecule has 0 unspecified atom stereocenters. The Morgan fingerprint density at radius 2 is 1.85 bits per heavy atom. The number of methoxy groups -OCH3 is 2. The quantitative estimate of drug-likeness (QED) is 0.837. The fourth-order valence-electron chi connectivity index (χ4n) is 4.47. The number of carboxylic acid groups (broad SMARTS) is 1. The Hall–Kier alpha value is -2.50. The van der Waals surface area contributed by atoms with Gasteiger partial charge in [0.2, 0.25) is 5.91 Å². The highest BCUT2D eigenvalue weighted by atomic mass is 16.5. The zero-order chi connectivity index (χ0) is 18.9. The molecule has 1 heterocycles. The van der Waals surface area contributed by atoms with Gasteiger partial charge in [0.25, 0.3) is 0 Å². The minimum atomic E-state index is -0.759. The van der Waals surface area contributed by atoms with E-state index in [4.69, 9.17) is 9.47 Å². The van der Waals surface area contributed by atoms with E-state index in [1.165, 1.54) is 6.08 Å². The van der Waals surface area contributed by atoms with E-state index >= 15 is 0 Å². The number of benzene rings is 1. The number of hydrogen-bond donors (Lipinski definition) is 1. The summed E-state index contributed by atoms with van der Waals surface area (Å²) in [5.41, 5.74) is 1.66. The smallest absolute Gasteiger partial charge is 0.306 e. The minimum Gasteiger partial charge on any atom is -0.493 e. The van der Waals surface area contributed by atoms with Gasteiger partial charge in [-0.25, -0.2) is 0 Å². The summed E-state index contributed by atoms with van der Waals surface area (Å²) in [7, 11) is 3.20. The topological polar surface area (TPSA) is 76.1 Å². The van der Waals surface area contributed by atoms with Crippen LogP contribution in [0.5, 0.6) is 11.5 Å². The first-order valence-electron chi connectivity index (χ1n) is 8.89. The van der Waals surface area contributed by atoms with Crippen LogP contribution in [0, 0.1) is 5.92 Å². The van der Waals surface area contributed by atoms with Gasteiger partial charge >= 0.3 is 5.97 Å². The van der Waals surface area contributed by atoms with Gasteiger partial charge in [-0.2, -0.15) is 0 Å². The Bertz CT molecular complexity index is 734. The minimum absolute atomic E-state index is 0.112. The molecule has 6 nitrogen and oxygen atoms in total. The SMILES string of the molecule is C=CC(=O)N1CCc2cc(OC)c(OC)cc2[C@]12CC[C@H](C(=O)O)CC2. The Morgan fingerprint density at radius 1 is 1.23 bits per heavy atom. The molecule has 6 heteroatoms. The van der Waals surface area contributed by atoms with Gasteiger partial charge in [-0.3, -0.25) is 9.59 Å². The summed E-state index contributed by atoms with van der Waals surface area (Å²) in [5, 5.41) is 9.36. The molecule has 1 aromatic carbocycles. The number of rotatable bonds is 4. The van der Waals surface area contributed by atoms with Crippen molar-refractivity contribution in [3.8, 4) is 11.5 Å². The van der Waals surface area contributed by atoms with Crippen LogP contribution in [0.4, 0.5) is 0 Å². The Morgan fingerprint density at radius 3 is 2.38 bits per heavy atom. The Balaban J connectivity index is 2.10. The van der Waals surface area contributed by atoms with Gasteiger partial charge in [0.15, 0.2) is 11.5 Å². The third-order valence-electron chi connectivity index (χ3n) is 5.83. The molecule has 1 N–H and O–H groups in total. The maximum atomic E-state index is 12.6. The third-order valence-corrected chi connectivity index (χ3v) is 5.83. The molecule has 1 spiro atoms. The number of nitrogens with zero attached hydrogens (tertiary/aromatic N) is 1. The van der Waals surface area contributed by atoms with Gasteiger partial charge in [0.05, 0.1) is 25.7 Å². The fraction of sp³-hybridized carbons (Fsp3) is 0.500. The number of aliphatic carboxylic acids is 1. The number of ether oxygens (including phenoxy) is 2. The highest BCUT2D eigenvalue weighted by Gasteiger charge is 2.48. The second kappa shape index (κ2) is 7.02. The molecule has 1 aliphatic carbocycles. The van der Waals surface area contributed by atoms with Gasteiger partial charge in [-0.15, -0.1) is 0 Å². The third kappa shape index (κ3) is 2.83. The highest BCUT2D eigenvalue weighted by molar-refractivity contribution is 5.88. The van der Waals surface area contributed by atoms with Gasteiger partial charge < -0.3 is 19.5 Å². The van der Waals surface area contributed by atoms with Gasteiger partial charge in [0, 0.05) is 6.54 Å². The number of carbonyl (C=O) groups excluding carboxylic acids is 1. The van der Waals surface area contributed by atoms with Crippen molar-refractivity contribution in [1.29, 1.82) is 0 Å². The van der Waals surface area contributed by atoms with E-state index in [9.17, 15) is 14.7 Å². The molecule has 1 aliphatic heterocycles. The predicted molar refractivity (Wildman–Crippen MR) is 96.4 cm³/mol. The van der Waals surface area contributed by atoms with Crippen LogP contribution < -0.4 is 9.47 Å². The molecule has 0 radical (unpaired) electrons. The van der Waals surface area contributed by atoms with E-state index < -0.39 is 11.5 Å². The van der Waals surface area contributed by atoms with Gasteiger partial charge in [0.1, 0.15) is 0 Å². The zero-order valence-electron chi connectivity index (χ0n) is 15.3. The van der Waals surface area contributed by atoms with Crippen molar-refractivity contribution in [3.63, 3.8) is 0 Å². The molecule has 1 fully saturated rings. The standard InChI is InChI=1S/C20H25NO5/c1-4-18(22)21-10-7-14-11-16(25-2)17(26-3)12-15(14)20(21)8-5-13(6-9-20)19(23)24/h4,11-13H,1,5-10H2,2-3H3,(H,23,24)/t13-,20+. The van der Waals surface area contributed by atoms with Crippen molar-refractivity contribution in [1.82, 2.24) is 4.90 Å². The molecular weight excluding hydrogens is 334 g/mol. The summed E-state index contributed by atoms with van der Waals surface area (Å²) >= 11 is 0. The van der Waals surface area contributed by atoms with Crippen molar-refractivity contribution in [2.75, 3.05) is 20.8 Å². The first kappa shape index (κ1) is 18.3. The van der Waals surface area contributed by atoms with Crippen LogP contribution in [0.1, 0.15) is 36.8 Å². The van der Waals surface area contributed by atoms with Crippen LogP contribution in [0.25, 0.3) is 0 Å². The van der Waals surface area contributed by atoms with Crippen LogP contribution in [0.2, 0.25) is 0 Å². The van der Waals surface area contributed by atoms with Crippen molar-refractivity contribution < 1.29 is 24.2 Å². The average molecular weight is 359 g/mol. The summed E-state index contributed by atoms with van der Waals surface area (Å²) in [6, 6.07) is 3.94.